The number of nitrogens with one attached hydrogen (secondary N) is 1. The minimum absolute atomic E-state index is 0.0409. The SMILES string of the molecule is CC(=O)N1CCCc2ccc(NC(=O)Cc3cccc(C)c3)cc21. The number of benzene rings is 2. The molecule has 2 aromatic carbocycles. The molecule has 0 bridgehead atoms. The second kappa shape index (κ2) is 6.87. The number of anilines is 2. The summed E-state index contributed by atoms with van der Waals surface area (Å²) in [6.07, 6.45) is 2.29. The molecule has 0 spiro atoms. The molecule has 0 fully saturated rings. The van der Waals surface area contributed by atoms with Gasteiger partial charge in [-0.05, 0) is 43.0 Å². The Labute approximate surface area is 142 Å². The molecule has 0 unspecified atom stereocenters. The smallest absolute Gasteiger partial charge is 0.228 e. The molecule has 0 saturated carbocycles. The third kappa shape index (κ3) is 3.65. The zero-order valence-electron chi connectivity index (χ0n) is 14.1. The monoisotopic (exact) mass is 322 g/mol. The summed E-state index contributed by atoms with van der Waals surface area (Å²) in [4.78, 5) is 25.9. The van der Waals surface area contributed by atoms with Crippen molar-refractivity contribution in [3.8, 4) is 0 Å². The van der Waals surface area contributed by atoms with E-state index in [2.05, 4.69) is 5.32 Å². The molecule has 0 aromatic heterocycles. The van der Waals surface area contributed by atoms with E-state index in [9.17, 15) is 9.59 Å². The van der Waals surface area contributed by atoms with E-state index in [1.165, 1.54) is 0 Å². The van der Waals surface area contributed by atoms with Crippen LogP contribution in [0.5, 0.6) is 0 Å². The number of hydrogen-bond acceptors (Lipinski definition) is 2. The summed E-state index contributed by atoms with van der Waals surface area (Å²) < 4.78 is 0. The molecule has 2 amide bonds. The van der Waals surface area contributed by atoms with E-state index in [4.69, 9.17) is 0 Å². The van der Waals surface area contributed by atoms with Crippen LogP contribution in [0, 0.1) is 6.92 Å². The molecule has 4 nitrogen and oxygen atoms in total. The number of nitrogens with zero attached hydrogens (tertiary/aromatic N) is 1. The van der Waals surface area contributed by atoms with E-state index in [0.717, 1.165) is 47.5 Å². The van der Waals surface area contributed by atoms with Crippen LogP contribution in [0.1, 0.15) is 30.0 Å². The first-order valence-electron chi connectivity index (χ1n) is 8.29. The van der Waals surface area contributed by atoms with Gasteiger partial charge in [0.15, 0.2) is 0 Å². The molecule has 0 atom stereocenters. The van der Waals surface area contributed by atoms with Crippen LogP contribution in [-0.2, 0) is 22.4 Å². The molecule has 4 heteroatoms. The third-order valence-electron chi connectivity index (χ3n) is 4.31. The highest BCUT2D eigenvalue weighted by molar-refractivity contribution is 5.96. The lowest BCUT2D eigenvalue weighted by atomic mass is 10.0. The van der Waals surface area contributed by atoms with E-state index in [1.54, 1.807) is 11.8 Å². The van der Waals surface area contributed by atoms with Crippen LogP contribution in [0.15, 0.2) is 42.5 Å². The van der Waals surface area contributed by atoms with E-state index in [0.29, 0.717) is 6.42 Å². The van der Waals surface area contributed by atoms with Crippen molar-refractivity contribution in [1.29, 1.82) is 0 Å². The lowest BCUT2D eigenvalue weighted by Gasteiger charge is -2.29. The second-order valence-corrected chi connectivity index (χ2v) is 6.33. The molecule has 0 aliphatic carbocycles. The lowest BCUT2D eigenvalue weighted by Crippen LogP contribution is -2.33. The fraction of sp³-hybridized carbons (Fsp3) is 0.300. The third-order valence-corrected chi connectivity index (χ3v) is 4.31. The van der Waals surface area contributed by atoms with Gasteiger partial charge in [-0.1, -0.05) is 35.9 Å². The van der Waals surface area contributed by atoms with Crippen LogP contribution in [0.4, 0.5) is 11.4 Å². The number of rotatable bonds is 3. The van der Waals surface area contributed by atoms with Crippen molar-refractivity contribution in [3.63, 3.8) is 0 Å². The number of hydrogen-bond donors (Lipinski definition) is 1. The quantitative estimate of drug-likeness (QED) is 0.940. The van der Waals surface area contributed by atoms with Gasteiger partial charge in [0.2, 0.25) is 11.8 Å². The van der Waals surface area contributed by atoms with Crippen LogP contribution in [-0.4, -0.2) is 18.4 Å². The minimum atomic E-state index is -0.0502. The summed E-state index contributed by atoms with van der Waals surface area (Å²) in [6.45, 7) is 4.34. The average molecular weight is 322 g/mol. The maximum atomic E-state index is 12.3. The van der Waals surface area contributed by atoms with Crippen molar-refractivity contribution in [2.75, 3.05) is 16.8 Å². The summed E-state index contributed by atoms with van der Waals surface area (Å²) in [7, 11) is 0. The Hall–Kier alpha value is -2.62. The maximum Gasteiger partial charge on any atom is 0.228 e. The Morgan fingerprint density at radius 1 is 1.17 bits per heavy atom. The molecule has 0 radical (unpaired) electrons. The molecule has 1 aliphatic rings. The van der Waals surface area contributed by atoms with Crippen LogP contribution < -0.4 is 10.2 Å². The second-order valence-electron chi connectivity index (χ2n) is 6.33. The van der Waals surface area contributed by atoms with Gasteiger partial charge in [0, 0.05) is 24.8 Å². The van der Waals surface area contributed by atoms with Crippen molar-refractivity contribution in [2.24, 2.45) is 0 Å². The van der Waals surface area contributed by atoms with E-state index >= 15 is 0 Å². The van der Waals surface area contributed by atoms with Crippen molar-refractivity contribution in [1.82, 2.24) is 0 Å². The first kappa shape index (κ1) is 16.2. The summed E-state index contributed by atoms with van der Waals surface area (Å²) in [5.41, 5.74) is 4.96. The van der Waals surface area contributed by atoms with Gasteiger partial charge in [0.1, 0.15) is 0 Å². The molecule has 0 saturated heterocycles. The Kier molecular flexibility index (Phi) is 4.65. The van der Waals surface area contributed by atoms with Crippen molar-refractivity contribution in [3.05, 3.63) is 59.2 Å². The van der Waals surface area contributed by atoms with Gasteiger partial charge in [0.05, 0.1) is 6.42 Å². The molecule has 1 heterocycles. The first-order chi connectivity index (χ1) is 11.5. The lowest BCUT2D eigenvalue weighted by molar-refractivity contribution is -0.117. The molecule has 24 heavy (non-hydrogen) atoms. The Balaban J connectivity index is 1.75. The Morgan fingerprint density at radius 2 is 2.00 bits per heavy atom. The minimum Gasteiger partial charge on any atom is -0.326 e. The van der Waals surface area contributed by atoms with E-state index in [-0.39, 0.29) is 11.8 Å². The van der Waals surface area contributed by atoms with Gasteiger partial charge in [-0.2, -0.15) is 0 Å². The predicted octanol–water partition coefficient (Wildman–Crippen LogP) is 3.48. The van der Waals surface area contributed by atoms with E-state index in [1.807, 2.05) is 49.4 Å². The highest BCUT2D eigenvalue weighted by Gasteiger charge is 2.20. The van der Waals surface area contributed by atoms with Crippen molar-refractivity contribution >= 4 is 23.2 Å². The van der Waals surface area contributed by atoms with Gasteiger partial charge in [-0.3, -0.25) is 9.59 Å². The predicted molar refractivity (Wildman–Crippen MR) is 96.3 cm³/mol. The van der Waals surface area contributed by atoms with Gasteiger partial charge in [0.25, 0.3) is 0 Å². The fourth-order valence-electron chi connectivity index (χ4n) is 3.19. The van der Waals surface area contributed by atoms with Crippen LogP contribution >= 0.6 is 0 Å². The maximum absolute atomic E-state index is 12.3. The van der Waals surface area contributed by atoms with E-state index < -0.39 is 0 Å². The molecule has 1 aliphatic heterocycles. The summed E-state index contributed by atoms with van der Waals surface area (Å²) in [5, 5.41) is 2.94. The number of amides is 2. The van der Waals surface area contributed by atoms with Crippen molar-refractivity contribution < 1.29 is 9.59 Å². The fourth-order valence-corrected chi connectivity index (χ4v) is 3.19. The Bertz CT molecular complexity index is 783. The molecule has 3 rings (SSSR count). The molecule has 2 aromatic rings. The van der Waals surface area contributed by atoms with Crippen molar-refractivity contribution in [2.45, 2.75) is 33.1 Å². The summed E-state index contributed by atoms with van der Waals surface area (Å²) >= 11 is 0. The molecular formula is C20H22N2O2. The van der Waals surface area contributed by atoms with Crippen LogP contribution in [0.3, 0.4) is 0 Å². The summed E-state index contributed by atoms with van der Waals surface area (Å²) in [6, 6.07) is 13.8. The van der Waals surface area contributed by atoms with Crippen LogP contribution in [0.2, 0.25) is 0 Å². The van der Waals surface area contributed by atoms with Gasteiger partial charge >= 0.3 is 0 Å². The highest BCUT2D eigenvalue weighted by Crippen LogP contribution is 2.30. The number of fused-ring (bicyclic) bond motifs is 1. The number of aryl methyl sites for hydroxylation is 2. The largest absolute Gasteiger partial charge is 0.326 e. The normalized spacial score (nSPS) is 13.3. The molecule has 124 valence electrons. The number of carbonyl (C=O) groups excluding carboxylic acids is 2. The Morgan fingerprint density at radius 3 is 2.75 bits per heavy atom. The topological polar surface area (TPSA) is 49.4 Å². The first-order valence-corrected chi connectivity index (χ1v) is 8.29. The van der Waals surface area contributed by atoms with Crippen LogP contribution in [0.25, 0.3) is 0 Å². The zero-order chi connectivity index (χ0) is 17.1. The molecular weight excluding hydrogens is 300 g/mol. The highest BCUT2D eigenvalue weighted by atomic mass is 16.2. The van der Waals surface area contributed by atoms with Gasteiger partial charge in [-0.25, -0.2) is 0 Å². The van der Waals surface area contributed by atoms with Gasteiger partial charge in [-0.15, -0.1) is 0 Å². The standard InChI is InChI=1S/C20H22N2O2/c1-14-5-3-6-16(11-14)12-20(24)21-18-9-8-17-7-4-10-22(15(2)23)19(17)13-18/h3,5-6,8-9,11,13H,4,7,10,12H2,1-2H3,(H,21,24). The molecule has 1 N–H and O–H groups in total. The number of carbonyl (C=O) groups is 2. The zero-order valence-corrected chi connectivity index (χ0v) is 14.1. The average Bonchev–Trinajstić information content (AvgIpc) is 2.54. The summed E-state index contributed by atoms with van der Waals surface area (Å²) in [5.74, 6) is -0.00933. The van der Waals surface area contributed by atoms with Gasteiger partial charge < -0.3 is 10.2 Å².